The van der Waals surface area contributed by atoms with Crippen LogP contribution in [0.1, 0.15) is 39.0 Å². The van der Waals surface area contributed by atoms with Crippen molar-refractivity contribution in [1.29, 1.82) is 0 Å². The Hall–Kier alpha value is -3.73. The van der Waals surface area contributed by atoms with Crippen LogP contribution >= 0.6 is 0 Å². The quantitative estimate of drug-likeness (QED) is 0.493. The van der Waals surface area contributed by atoms with Gasteiger partial charge in [0.2, 0.25) is 11.7 Å². The second-order valence-corrected chi connectivity index (χ2v) is 7.34. The topological polar surface area (TPSA) is 68.0 Å². The first-order valence-electron chi connectivity index (χ1n) is 9.91. The van der Waals surface area contributed by atoms with Crippen LogP contribution in [0.15, 0.2) is 83.4 Å². The van der Waals surface area contributed by atoms with E-state index in [1.54, 1.807) is 0 Å². The molecule has 150 valence electrons. The molecule has 1 heterocycles. The van der Waals surface area contributed by atoms with E-state index in [0.717, 1.165) is 22.3 Å². The molecule has 5 heteroatoms. The highest BCUT2D eigenvalue weighted by molar-refractivity contribution is 5.94. The number of hydrogen-bond acceptors (Lipinski definition) is 4. The minimum atomic E-state index is -0.438. The Labute approximate surface area is 175 Å². The van der Waals surface area contributed by atoms with E-state index in [1.165, 1.54) is 0 Å². The zero-order valence-electron chi connectivity index (χ0n) is 17.0. The third kappa shape index (κ3) is 4.46. The van der Waals surface area contributed by atoms with Crippen LogP contribution in [0.2, 0.25) is 0 Å². The Bertz CT molecular complexity index is 1140. The van der Waals surface area contributed by atoms with Gasteiger partial charge in [-0.1, -0.05) is 71.9 Å². The molecule has 0 aliphatic carbocycles. The molecular weight excluding hydrogens is 374 g/mol. The summed E-state index contributed by atoms with van der Waals surface area (Å²) in [5, 5.41) is 7.19. The van der Waals surface area contributed by atoms with E-state index in [4.69, 9.17) is 4.52 Å². The molecule has 0 aliphatic heterocycles. The molecule has 0 saturated heterocycles. The maximum atomic E-state index is 13.0. The number of nitrogens with one attached hydrogen (secondary N) is 1. The van der Waals surface area contributed by atoms with E-state index >= 15 is 0 Å². The molecule has 0 bridgehead atoms. The third-order valence-electron chi connectivity index (χ3n) is 5.13. The van der Waals surface area contributed by atoms with Gasteiger partial charge in [-0.2, -0.15) is 4.98 Å². The fraction of sp³-hybridized carbons (Fsp3) is 0.160. The van der Waals surface area contributed by atoms with Crippen LogP contribution in [0.5, 0.6) is 0 Å². The Morgan fingerprint density at radius 1 is 0.933 bits per heavy atom. The normalized spacial score (nSPS) is 11.8. The molecule has 5 nitrogen and oxygen atoms in total. The van der Waals surface area contributed by atoms with Crippen molar-refractivity contribution < 1.29 is 9.32 Å². The first-order chi connectivity index (χ1) is 14.6. The number of carbonyl (C=O) groups is 1. The Kier molecular flexibility index (Phi) is 5.70. The highest BCUT2D eigenvalue weighted by Crippen LogP contribution is 2.22. The minimum absolute atomic E-state index is 0.168. The number of aromatic nitrogens is 2. The van der Waals surface area contributed by atoms with Crippen molar-refractivity contribution in [2.75, 3.05) is 0 Å². The fourth-order valence-corrected chi connectivity index (χ4v) is 3.26. The van der Waals surface area contributed by atoms with Crippen LogP contribution in [-0.2, 0) is 6.42 Å². The zero-order chi connectivity index (χ0) is 20.9. The van der Waals surface area contributed by atoms with Gasteiger partial charge in [-0.05, 0) is 42.7 Å². The summed E-state index contributed by atoms with van der Waals surface area (Å²) in [6, 6.07) is 24.8. The smallest absolute Gasteiger partial charge is 0.251 e. The van der Waals surface area contributed by atoms with Crippen LogP contribution in [0.25, 0.3) is 11.4 Å². The van der Waals surface area contributed by atoms with E-state index in [0.29, 0.717) is 23.7 Å². The van der Waals surface area contributed by atoms with Gasteiger partial charge in [-0.25, -0.2) is 0 Å². The molecule has 4 rings (SSSR count). The third-order valence-corrected chi connectivity index (χ3v) is 5.13. The summed E-state index contributed by atoms with van der Waals surface area (Å²) in [4.78, 5) is 17.5. The van der Waals surface area contributed by atoms with Crippen LogP contribution in [-0.4, -0.2) is 16.0 Å². The first-order valence-corrected chi connectivity index (χ1v) is 9.91. The predicted octanol–water partition coefficient (Wildman–Crippen LogP) is 5.07. The lowest BCUT2D eigenvalue weighted by molar-refractivity contribution is 0.0928. The summed E-state index contributed by atoms with van der Waals surface area (Å²) in [6.07, 6.45) is 0.549. The molecule has 0 fully saturated rings. The van der Waals surface area contributed by atoms with Gasteiger partial charge in [0.05, 0.1) is 0 Å². The van der Waals surface area contributed by atoms with Crippen LogP contribution in [0, 0.1) is 13.8 Å². The maximum absolute atomic E-state index is 13.0. The van der Waals surface area contributed by atoms with Gasteiger partial charge in [0, 0.05) is 17.5 Å². The number of carbonyl (C=O) groups excluding carboxylic acids is 1. The molecule has 0 radical (unpaired) electrons. The Morgan fingerprint density at radius 2 is 1.63 bits per heavy atom. The molecule has 1 N–H and O–H groups in total. The van der Waals surface area contributed by atoms with E-state index in [1.807, 2.05) is 92.7 Å². The highest BCUT2D eigenvalue weighted by atomic mass is 16.5. The number of nitrogens with zero attached hydrogens (tertiary/aromatic N) is 2. The Morgan fingerprint density at radius 3 is 2.33 bits per heavy atom. The average Bonchev–Trinajstić information content (AvgIpc) is 3.27. The molecular formula is C25H23N3O2. The molecule has 1 amide bonds. The predicted molar refractivity (Wildman–Crippen MR) is 116 cm³/mol. The van der Waals surface area contributed by atoms with Crippen molar-refractivity contribution >= 4 is 5.91 Å². The number of hydrogen-bond donors (Lipinski definition) is 1. The lowest BCUT2D eigenvalue weighted by atomic mass is 10.0. The van der Waals surface area contributed by atoms with Gasteiger partial charge in [0.15, 0.2) is 0 Å². The van der Waals surface area contributed by atoms with Crippen molar-refractivity contribution in [1.82, 2.24) is 15.5 Å². The molecule has 1 aromatic heterocycles. The van der Waals surface area contributed by atoms with Crippen molar-refractivity contribution in [2.24, 2.45) is 0 Å². The largest absolute Gasteiger partial charge is 0.340 e. The highest BCUT2D eigenvalue weighted by Gasteiger charge is 2.23. The van der Waals surface area contributed by atoms with Gasteiger partial charge in [-0.15, -0.1) is 0 Å². The average molecular weight is 397 g/mol. The summed E-state index contributed by atoms with van der Waals surface area (Å²) in [7, 11) is 0. The van der Waals surface area contributed by atoms with E-state index in [-0.39, 0.29) is 5.91 Å². The molecule has 30 heavy (non-hydrogen) atoms. The van der Waals surface area contributed by atoms with Gasteiger partial charge in [0.25, 0.3) is 5.91 Å². The SMILES string of the molecule is Cc1ccc(C(=O)N[C@H](Cc2ccccc2)c2nc(-c3ccccc3)no2)cc1C. The summed E-state index contributed by atoms with van der Waals surface area (Å²) in [5.41, 5.74) is 4.77. The van der Waals surface area contributed by atoms with Crippen LogP contribution < -0.4 is 5.32 Å². The zero-order valence-corrected chi connectivity index (χ0v) is 17.0. The number of amides is 1. The van der Waals surface area contributed by atoms with Crippen molar-refractivity contribution in [2.45, 2.75) is 26.3 Å². The number of rotatable bonds is 6. The van der Waals surface area contributed by atoms with Crippen molar-refractivity contribution in [3.8, 4) is 11.4 Å². The van der Waals surface area contributed by atoms with Crippen LogP contribution in [0.3, 0.4) is 0 Å². The lowest BCUT2D eigenvalue weighted by Gasteiger charge is -2.16. The first kappa shape index (κ1) is 19.6. The van der Waals surface area contributed by atoms with E-state index in [9.17, 15) is 4.79 Å². The summed E-state index contributed by atoms with van der Waals surface area (Å²) in [5.74, 6) is 0.720. The summed E-state index contributed by atoms with van der Waals surface area (Å²) >= 11 is 0. The van der Waals surface area contributed by atoms with Crippen molar-refractivity contribution in [3.63, 3.8) is 0 Å². The number of benzene rings is 3. The van der Waals surface area contributed by atoms with E-state index in [2.05, 4.69) is 15.5 Å². The van der Waals surface area contributed by atoms with Gasteiger partial charge in [-0.3, -0.25) is 4.79 Å². The second-order valence-electron chi connectivity index (χ2n) is 7.34. The molecule has 0 saturated carbocycles. The van der Waals surface area contributed by atoms with Crippen molar-refractivity contribution in [3.05, 3.63) is 107 Å². The molecule has 0 spiro atoms. The molecule has 0 unspecified atom stereocenters. The van der Waals surface area contributed by atoms with E-state index < -0.39 is 6.04 Å². The molecule has 1 atom stereocenters. The van der Waals surface area contributed by atoms with Crippen LogP contribution in [0.4, 0.5) is 0 Å². The molecule has 3 aromatic carbocycles. The van der Waals surface area contributed by atoms with Gasteiger partial charge in [0.1, 0.15) is 6.04 Å². The standard InChI is InChI=1S/C25H23N3O2/c1-17-13-14-21(15-18(17)2)24(29)26-22(16-19-9-5-3-6-10-19)25-27-23(28-30-25)20-11-7-4-8-12-20/h3-15,22H,16H2,1-2H3,(H,26,29)/t22-/m1/s1. The van der Waals surface area contributed by atoms with Gasteiger partial charge < -0.3 is 9.84 Å². The lowest BCUT2D eigenvalue weighted by Crippen LogP contribution is -2.30. The summed E-state index contributed by atoms with van der Waals surface area (Å²) < 4.78 is 5.56. The second kappa shape index (κ2) is 8.74. The van der Waals surface area contributed by atoms with Gasteiger partial charge >= 0.3 is 0 Å². The number of aryl methyl sites for hydroxylation is 2. The fourth-order valence-electron chi connectivity index (χ4n) is 3.26. The summed E-state index contributed by atoms with van der Waals surface area (Å²) in [6.45, 7) is 4.02. The monoisotopic (exact) mass is 397 g/mol. The molecule has 4 aromatic rings. The minimum Gasteiger partial charge on any atom is -0.340 e. The molecule has 0 aliphatic rings. The maximum Gasteiger partial charge on any atom is 0.251 e. The Balaban J connectivity index is 1.62.